The second-order valence-corrected chi connectivity index (χ2v) is 3.61. The van der Waals surface area contributed by atoms with Crippen LogP contribution in [0.2, 0.25) is 0 Å². The third kappa shape index (κ3) is 3.74. The number of hydrogen-bond donors (Lipinski definition) is 2. The molecule has 6 heteroatoms. The number of carbonyl (C=O) groups excluding carboxylic acids is 1. The molecule has 1 aromatic rings. The van der Waals surface area contributed by atoms with Gasteiger partial charge in [0.25, 0.3) is 5.91 Å². The number of alkyl halides is 3. The Morgan fingerprint density at radius 2 is 1.82 bits per heavy atom. The summed E-state index contributed by atoms with van der Waals surface area (Å²) in [6.45, 7) is 1.10. The molecule has 0 aliphatic heterocycles. The van der Waals surface area contributed by atoms with Crippen molar-refractivity contribution in [1.29, 1.82) is 0 Å². The second kappa shape index (κ2) is 5.18. The maximum atomic E-state index is 12.2. The van der Waals surface area contributed by atoms with Crippen LogP contribution in [-0.4, -0.2) is 29.3 Å². The molecule has 0 spiro atoms. The van der Waals surface area contributed by atoms with Gasteiger partial charge in [0.1, 0.15) is 0 Å². The number of amides is 1. The predicted molar refractivity (Wildman–Crippen MR) is 55.4 cm³/mol. The molecule has 0 saturated heterocycles. The molecule has 0 aliphatic carbocycles. The fourth-order valence-electron chi connectivity index (χ4n) is 1.24. The third-order valence-corrected chi connectivity index (χ3v) is 2.20. The molecule has 2 N–H and O–H groups in total. The largest absolute Gasteiger partial charge is 0.416 e. The van der Waals surface area contributed by atoms with Crippen molar-refractivity contribution < 1.29 is 23.1 Å². The van der Waals surface area contributed by atoms with Gasteiger partial charge >= 0.3 is 6.18 Å². The summed E-state index contributed by atoms with van der Waals surface area (Å²) >= 11 is 0. The summed E-state index contributed by atoms with van der Waals surface area (Å²) in [5.74, 6) is -0.651. The van der Waals surface area contributed by atoms with Crippen molar-refractivity contribution in [2.75, 3.05) is 0 Å². The van der Waals surface area contributed by atoms with Gasteiger partial charge in [-0.15, -0.1) is 0 Å². The zero-order valence-corrected chi connectivity index (χ0v) is 9.03. The summed E-state index contributed by atoms with van der Waals surface area (Å²) in [7, 11) is 0. The minimum atomic E-state index is -4.75. The summed E-state index contributed by atoms with van der Waals surface area (Å²) in [4.78, 5) is 11.5. The van der Waals surface area contributed by atoms with E-state index < -0.39 is 24.2 Å². The molecule has 94 valence electrons. The Kier molecular flexibility index (Phi) is 4.11. The van der Waals surface area contributed by atoms with Gasteiger partial charge in [0.2, 0.25) is 0 Å². The van der Waals surface area contributed by atoms with E-state index in [0.29, 0.717) is 0 Å². The normalized spacial score (nSPS) is 15.1. The van der Waals surface area contributed by atoms with Crippen LogP contribution in [0.25, 0.3) is 0 Å². The van der Waals surface area contributed by atoms with Crippen molar-refractivity contribution in [2.45, 2.75) is 25.2 Å². The van der Waals surface area contributed by atoms with Crippen LogP contribution in [0.1, 0.15) is 17.3 Å². The molecule has 0 heterocycles. The molecular formula is C11H12F3NO2. The monoisotopic (exact) mass is 247 g/mol. The van der Waals surface area contributed by atoms with Crippen molar-refractivity contribution in [1.82, 2.24) is 5.32 Å². The highest BCUT2D eigenvalue weighted by Crippen LogP contribution is 2.22. The lowest BCUT2D eigenvalue weighted by atomic mass is 10.1. The highest BCUT2D eigenvalue weighted by molar-refractivity contribution is 5.94. The molecule has 0 fully saturated rings. The summed E-state index contributed by atoms with van der Waals surface area (Å²) < 4.78 is 36.5. The average Bonchev–Trinajstić information content (AvgIpc) is 2.27. The summed E-state index contributed by atoms with van der Waals surface area (Å²) in [6, 6.07) is 6.43. The van der Waals surface area contributed by atoms with Crippen LogP contribution in [0.3, 0.4) is 0 Å². The van der Waals surface area contributed by atoms with E-state index in [1.54, 1.807) is 18.2 Å². The van der Waals surface area contributed by atoms with Crippen LogP contribution in [-0.2, 0) is 0 Å². The lowest BCUT2D eigenvalue weighted by Crippen LogP contribution is -2.48. The Hall–Kier alpha value is -1.56. The minimum Gasteiger partial charge on any atom is -0.382 e. The van der Waals surface area contributed by atoms with E-state index in [-0.39, 0.29) is 5.56 Å². The summed E-state index contributed by atoms with van der Waals surface area (Å²) in [5.41, 5.74) is 0.244. The average molecular weight is 247 g/mol. The molecule has 0 aliphatic rings. The van der Waals surface area contributed by atoms with Crippen molar-refractivity contribution in [3.63, 3.8) is 0 Å². The molecule has 2 unspecified atom stereocenters. The fraction of sp³-hybridized carbons (Fsp3) is 0.364. The highest BCUT2D eigenvalue weighted by atomic mass is 19.4. The number of benzene rings is 1. The van der Waals surface area contributed by atoms with E-state index in [1.807, 2.05) is 0 Å². The molecule has 0 radical (unpaired) electrons. The van der Waals surface area contributed by atoms with Crippen LogP contribution in [0.15, 0.2) is 30.3 Å². The summed E-state index contributed by atoms with van der Waals surface area (Å²) in [6.07, 6.45) is -7.32. The van der Waals surface area contributed by atoms with E-state index in [1.165, 1.54) is 12.1 Å². The number of halogens is 3. The zero-order chi connectivity index (χ0) is 13.1. The summed E-state index contributed by atoms with van der Waals surface area (Å²) in [5, 5.41) is 11.0. The van der Waals surface area contributed by atoms with Crippen LogP contribution >= 0.6 is 0 Å². The lowest BCUT2D eigenvalue weighted by molar-refractivity contribution is -0.209. The molecule has 1 amide bonds. The number of rotatable bonds is 3. The molecule has 1 aromatic carbocycles. The van der Waals surface area contributed by atoms with Crippen molar-refractivity contribution in [2.24, 2.45) is 0 Å². The van der Waals surface area contributed by atoms with Gasteiger partial charge < -0.3 is 10.4 Å². The molecule has 17 heavy (non-hydrogen) atoms. The van der Waals surface area contributed by atoms with Crippen LogP contribution in [0, 0.1) is 0 Å². The zero-order valence-electron chi connectivity index (χ0n) is 9.03. The van der Waals surface area contributed by atoms with Gasteiger partial charge in [-0.3, -0.25) is 4.79 Å². The molecule has 0 aromatic heterocycles. The second-order valence-electron chi connectivity index (χ2n) is 3.61. The Morgan fingerprint density at radius 1 is 1.29 bits per heavy atom. The highest BCUT2D eigenvalue weighted by Gasteiger charge is 2.42. The van der Waals surface area contributed by atoms with Crippen LogP contribution in [0.4, 0.5) is 13.2 Å². The van der Waals surface area contributed by atoms with Gasteiger partial charge in [-0.1, -0.05) is 18.2 Å². The standard InChI is InChI=1S/C11H12F3NO2/c1-7(9(16)11(12,13)14)15-10(17)8-5-3-2-4-6-8/h2-7,9,16H,1H3,(H,15,17). The van der Waals surface area contributed by atoms with Crippen molar-refractivity contribution >= 4 is 5.91 Å². The minimum absolute atomic E-state index is 0.244. The van der Waals surface area contributed by atoms with Gasteiger partial charge in [0.15, 0.2) is 6.10 Å². The van der Waals surface area contributed by atoms with Gasteiger partial charge in [0, 0.05) is 5.56 Å². The van der Waals surface area contributed by atoms with Crippen molar-refractivity contribution in [3.05, 3.63) is 35.9 Å². The Bertz CT molecular complexity index is 378. The smallest absolute Gasteiger partial charge is 0.382 e. The Morgan fingerprint density at radius 3 is 2.29 bits per heavy atom. The first-order chi connectivity index (χ1) is 7.82. The van der Waals surface area contributed by atoms with E-state index in [2.05, 4.69) is 5.32 Å². The number of aliphatic hydroxyl groups is 1. The first kappa shape index (κ1) is 13.5. The molecular weight excluding hydrogens is 235 g/mol. The topological polar surface area (TPSA) is 49.3 Å². The molecule has 3 nitrogen and oxygen atoms in total. The first-order valence-corrected chi connectivity index (χ1v) is 4.93. The fourth-order valence-corrected chi connectivity index (χ4v) is 1.24. The lowest BCUT2D eigenvalue weighted by Gasteiger charge is -2.22. The quantitative estimate of drug-likeness (QED) is 0.854. The van der Waals surface area contributed by atoms with Gasteiger partial charge in [0.05, 0.1) is 6.04 Å². The Labute approximate surface area is 96.3 Å². The van der Waals surface area contributed by atoms with E-state index in [0.717, 1.165) is 6.92 Å². The van der Waals surface area contributed by atoms with Crippen LogP contribution in [0.5, 0.6) is 0 Å². The van der Waals surface area contributed by atoms with Crippen molar-refractivity contribution in [3.8, 4) is 0 Å². The molecule has 2 atom stereocenters. The maximum absolute atomic E-state index is 12.2. The molecule has 0 saturated carbocycles. The van der Waals surface area contributed by atoms with Gasteiger partial charge in [-0.05, 0) is 19.1 Å². The Balaban J connectivity index is 2.64. The third-order valence-electron chi connectivity index (χ3n) is 2.20. The predicted octanol–water partition coefficient (Wildman–Crippen LogP) is 1.73. The molecule has 1 rings (SSSR count). The first-order valence-electron chi connectivity index (χ1n) is 4.93. The number of aliphatic hydroxyl groups excluding tert-OH is 1. The van der Waals surface area contributed by atoms with E-state index in [9.17, 15) is 18.0 Å². The number of carbonyl (C=O) groups is 1. The SMILES string of the molecule is CC(NC(=O)c1ccccc1)C(O)C(F)(F)F. The van der Waals surface area contributed by atoms with E-state index >= 15 is 0 Å². The maximum Gasteiger partial charge on any atom is 0.416 e. The molecule has 0 bridgehead atoms. The van der Waals surface area contributed by atoms with E-state index in [4.69, 9.17) is 5.11 Å². The van der Waals surface area contributed by atoms with Crippen LogP contribution < -0.4 is 5.32 Å². The number of hydrogen-bond acceptors (Lipinski definition) is 2. The van der Waals surface area contributed by atoms with Gasteiger partial charge in [-0.25, -0.2) is 0 Å². The number of nitrogens with one attached hydrogen (secondary N) is 1. The van der Waals surface area contributed by atoms with Gasteiger partial charge in [-0.2, -0.15) is 13.2 Å².